The minimum Gasteiger partial charge on any atom is -0.461 e. The molecule has 1 atom stereocenters. The maximum Gasteiger partial charge on any atom is 0.350 e. The number of rotatable bonds is 0. The van der Waals surface area contributed by atoms with E-state index in [0.717, 1.165) is 0 Å². The van der Waals surface area contributed by atoms with Crippen molar-refractivity contribution in [1.82, 2.24) is 5.32 Å². The third-order valence-corrected chi connectivity index (χ3v) is 0.907. The molecule has 1 aliphatic rings. The molecule has 0 bridgehead atoms. The van der Waals surface area contributed by atoms with Gasteiger partial charge in [-0.15, -0.1) is 0 Å². The van der Waals surface area contributed by atoms with E-state index in [1.807, 2.05) is 0 Å². The highest BCUT2D eigenvalue weighted by Crippen LogP contribution is 1.89. The highest BCUT2D eigenvalue weighted by molar-refractivity contribution is 5.74. The molecule has 46 valence electrons. The first-order valence-corrected chi connectivity index (χ1v) is 2.39. The maximum atomic E-state index is 10.3. The van der Waals surface area contributed by atoms with E-state index in [0.29, 0.717) is 13.2 Å². The predicted molar refractivity (Wildman–Crippen MR) is 25.0 cm³/mol. The normalized spacial score (nSPS) is 29.6. The molecule has 1 aliphatic heterocycles. The van der Waals surface area contributed by atoms with Crippen LogP contribution in [0.2, 0.25) is 0 Å². The van der Waals surface area contributed by atoms with Crippen LogP contribution in [0.3, 0.4) is 0 Å². The third kappa shape index (κ3) is 0.962. The Hall–Kier alpha value is -0.610. The highest BCUT2D eigenvalue weighted by Gasteiger charge is 2.19. The first kappa shape index (κ1) is 5.53. The van der Waals surface area contributed by atoms with Crippen molar-refractivity contribution >= 4 is 5.97 Å². The summed E-state index contributed by atoms with van der Waals surface area (Å²) in [7, 11) is 0. The summed E-state index contributed by atoms with van der Waals surface area (Å²) >= 11 is 0. The number of nitrogens with one attached hydrogen (secondary N) is 1. The lowest BCUT2D eigenvalue weighted by Gasteiger charge is -2.16. The fraction of sp³-hybridized carbons (Fsp3) is 0.750. The zero-order chi connectivity index (χ0) is 5.98. The van der Waals surface area contributed by atoms with Crippen molar-refractivity contribution < 1.29 is 14.6 Å². The van der Waals surface area contributed by atoms with Gasteiger partial charge in [0.05, 0.1) is 0 Å². The van der Waals surface area contributed by atoms with Crippen LogP contribution in [0.5, 0.6) is 0 Å². The van der Waals surface area contributed by atoms with Gasteiger partial charge in [-0.1, -0.05) is 0 Å². The minimum atomic E-state index is -1.11. The summed E-state index contributed by atoms with van der Waals surface area (Å²) in [6, 6.07) is 0. The van der Waals surface area contributed by atoms with Crippen molar-refractivity contribution in [2.75, 3.05) is 13.2 Å². The van der Waals surface area contributed by atoms with Gasteiger partial charge >= 0.3 is 5.97 Å². The lowest BCUT2D eigenvalue weighted by molar-refractivity contribution is -0.160. The van der Waals surface area contributed by atoms with Crippen LogP contribution < -0.4 is 5.32 Å². The molecule has 0 spiro atoms. The number of hydrogen-bond acceptors (Lipinski definition) is 4. The van der Waals surface area contributed by atoms with Gasteiger partial charge < -0.3 is 9.84 Å². The van der Waals surface area contributed by atoms with Gasteiger partial charge in [0.15, 0.2) is 0 Å². The lowest BCUT2D eigenvalue weighted by atomic mass is 10.5. The number of esters is 1. The van der Waals surface area contributed by atoms with Gasteiger partial charge in [0, 0.05) is 6.54 Å². The van der Waals surface area contributed by atoms with Gasteiger partial charge in [-0.05, 0) is 0 Å². The monoisotopic (exact) mass is 117 g/mol. The van der Waals surface area contributed by atoms with Crippen LogP contribution in [-0.2, 0) is 9.53 Å². The Morgan fingerprint density at radius 1 is 1.88 bits per heavy atom. The summed E-state index contributed by atoms with van der Waals surface area (Å²) in [5.74, 6) is -0.587. The molecule has 1 saturated heterocycles. The SMILES string of the molecule is O=C1OCCNC1O. The summed E-state index contributed by atoms with van der Waals surface area (Å²) in [6.45, 7) is 0.892. The molecule has 1 unspecified atom stereocenters. The molecule has 0 aromatic carbocycles. The van der Waals surface area contributed by atoms with Crippen LogP contribution in [0.25, 0.3) is 0 Å². The van der Waals surface area contributed by atoms with Crippen LogP contribution in [0, 0.1) is 0 Å². The summed E-state index contributed by atoms with van der Waals surface area (Å²) in [6.07, 6.45) is -1.11. The number of ether oxygens (including phenoxy) is 1. The van der Waals surface area contributed by atoms with Crippen LogP contribution in [0.1, 0.15) is 0 Å². The summed E-state index contributed by atoms with van der Waals surface area (Å²) in [4.78, 5) is 10.3. The topological polar surface area (TPSA) is 58.6 Å². The van der Waals surface area contributed by atoms with E-state index in [-0.39, 0.29) is 0 Å². The Balaban J connectivity index is 2.39. The van der Waals surface area contributed by atoms with Crippen LogP contribution in [0.4, 0.5) is 0 Å². The van der Waals surface area contributed by atoms with Crippen molar-refractivity contribution in [2.24, 2.45) is 0 Å². The van der Waals surface area contributed by atoms with Crippen molar-refractivity contribution in [3.8, 4) is 0 Å². The predicted octanol–water partition coefficient (Wildman–Crippen LogP) is -1.55. The van der Waals surface area contributed by atoms with Crippen molar-refractivity contribution in [2.45, 2.75) is 6.23 Å². The highest BCUT2D eigenvalue weighted by atomic mass is 16.6. The minimum absolute atomic E-state index is 0.357. The fourth-order valence-corrected chi connectivity index (χ4v) is 0.510. The van der Waals surface area contributed by atoms with E-state index in [1.165, 1.54) is 0 Å². The fourth-order valence-electron chi connectivity index (χ4n) is 0.510. The Bertz CT molecular complexity index is 103. The molecule has 0 aromatic rings. The zero-order valence-corrected chi connectivity index (χ0v) is 4.26. The molecular formula is C4H7NO3. The Morgan fingerprint density at radius 2 is 2.62 bits per heavy atom. The van der Waals surface area contributed by atoms with Crippen LogP contribution in [-0.4, -0.2) is 30.5 Å². The average molecular weight is 117 g/mol. The van der Waals surface area contributed by atoms with Gasteiger partial charge in [-0.3, -0.25) is 5.32 Å². The van der Waals surface area contributed by atoms with Crippen LogP contribution >= 0.6 is 0 Å². The number of aliphatic hydroxyl groups is 1. The molecule has 0 amide bonds. The first-order valence-electron chi connectivity index (χ1n) is 2.39. The molecule has 2 N–H and O–H groups in total. The Labute approximate surface area is 46.4 Å². The molecule has 1 fully saturated rings. The standard InChI is InChI=1S/C4H7NO3/c6-3-4(7)8-2-1-5-3/h3,5-6H,1-2H2. The summed E-state index contributed by atoms with van der Waals surface area (Å²) < 4.78 is 4.44. The van der Waals surface area contributed by atoms with Crippen molar-refractivity contribution in [3.05, 3.63) is 0 Å². The molecule has 1 heterocycles. The van der Waals surface area contributed by atoms with E-state index in [1.54, 1.807) is 0 Å². The van der Waals surface area contributed by atoms with E-state index < -0.39 is 12.2 Å². The van der Waals surface area contributed by atoms with Gasteiger partial charge in [-0.2, -0.15) is 0 Å². The summed E-state index contributed by atoms with van der Waals surface area (Å²) in [5, 5.41) is 11.1. The zero-order valence-electron chi connectivity index (χ0n) is 4.26. The van der Waals surface area contributed by atoms with Gasteiger partial charge in [0.1, 0.15) is 6.61 Å². The van der Waals surface area contributed by atoms with Crippen molar-refractivity contribution in [3.63, 3.8) is 0 Å². The molecule has 4 heteroatoms. The third-order valence-electron chi connectivity index (χ3n) is 0.907. The molecule has 4 nitrogen and oxygen atoms in total. The summed E-state index contributed by atoms with van der Waals surface area (Å²) in [5.41, 5.74) is 0. The number of aliphatic hydroxyl groups excluding tert-OH is 1. The number of morpholine rings is 1. The van der Waals surface area contributed by atoms with E-state index in [2.05, 4.69) is 10.1 Å². The smallest absolute Gasteiger partial charge is 0.350 e. The molecule has 8 heavy (non-hydrogen) atoms. The van der Waals surface area contributed by atoms with Gasteiger partial charge in [0.25, 0.3) is 0 Å². The van der Waals surface area contributed by atoms with E-state index >= 15 is 0 Å². The second kappa shape index (κ2) is 2.11. The quantitative estimate of drug-likeness (QED) is 0.377. The Kier molecular flexibility index (Phi) is 1.45. The number of carbonyl (C=O) groups excluding carboxylic acids is 1. The first-order chi connectivity index (χ1) is 3.80. The largest absolute Gasteiger partial charge is 0.461 e. The maximum absolute atomic E-state index is 10.3. The molecular weight excluding hydrogens is 110 g/mol. The number of cyclic esters (lactones) is 1. The molecule has 0 aromatic heterocycles. The second-order valence-corrected chi connectivity index (χ2v) is 1.52. The molecule has 0 saturated carbocycles. The van der Waals surface area contributed by atoms with Crippen LogP contribution in [0.15, 0.2) is 0 Å². The second-order valence-electron chi connectivity index (χ2n) is 1.52. The lowest BCUT2D eigenvalue weighted by Crippen LogP contribution is -2.44. The average Bonchev–Trinajstić information content (AvgIpc) is 1.77. The Morgan fingerprint density at radius 3 is 3.00 bits per heavy atom. The number of carbonyl (C=O) groups is 1. The molecule has 1 rings (SSSR count). The van der Waals surface area contributed by atoms with E-state index in [4.69, 9.17) is 5.11 Å². The van der Waals surface area contributed by atoms with Crippen molar-refractivity contribution in [1.29, 1.82) is 0 Å². The van der Waals surface area contributed by atoms with Gasteiger partial charge in [-0.25, -0.2) is 4.79 Å². The molecule has 0 radical (unpaired) electrons. The van der Waals surface area contributed by atoms with E-state index in [9.17, 15) is 4.79 Å². The van der Waals surface area contributed by atoms with Gasteiger partial charge in [0.2, 0.25) is 6.23 Å². The number of hydrogen-bond donors (Lipinski definition) is 2. The molecule has 0 aliphatic carbocycles.